The van der Waals surface area contributed by atoms with E-state index in [9.17, 15) is 18.5 Å². The molecule has 1 heterocycles. The maximum Gasteiger partial charge on any atom is 0.246 e. The van der Waals surface area contributed by atoms with Crippen LogP contribution in [-0.2, 0) is 20.2 Å². The number of carbonyl (C=O) groups excluding carboxylic acids is 1. The number of hydrogen-bond acceptors (Lipinski definition) is 5. The lowest BCUT2D eigenvalue weighted by Crippen LogP contribution is -2.43. The van der Waals surface area contributed by atoms with E-state index in [0.717, 1.165) is 24.0 Å². The molecular weight excluding hydrogens is 426 g/mol. The fourth-order valence-corrected chi connectivity index (χ4v) is 5.97. The third kappa shape index (κ3) is 4.23. The Hall–Kier alpha value is -2.89. The molecule has 1 aliphatic carbocycles. The summed E-state index contributed by atoms with van der Waals surface area (Å²) in [6.07, 6.45) is 2.97. The summed E-state index contributed by atoms with van der Waals surface area (Å²) in [6.45, 7) is 2.33. The van der Waals surface area contributed by atoms with Crippen molar-refractivity contribution in [3.63, 3.8) is 0 Å². The molecule has 7 nitrogen and oxygen atoms in total. The van der Waals surface area contributed by atoms with Crippen molar-refractivity contribution in [1.82, 2.24) is 4.31 Å². The molecule has 0 unspecified atom stereocenters. The second-order valence-corrected chi connectivity index (χ2v) is 10.5. The largest absolute Gasteiger partial charge is 0.495 e. The number of ether oxygens (including phenoxy) is 1. The molecule has 0 spiro atoms. The highest BCUT2D eigenvalue weighted by Crippen LogP contribution is 2.47. The number of methoxy groups -OCH3 is 1. The lowest BCUT2D eigenvalue weighted by Gasteiger charge is -2.31. The van der Waals surface area contributed by atoms with E-state index in [2.05, 4.69) is 11.4 Å². The maximum atomic E-state index is 13.3. The molecule has 8 heteroatoms. The molecule has 1 saturated heterocycles. The van der Waals surface area contributed by atoms with Crippen LogP contribution in [0.3, 0.4) is 0 Å². The predicted octanol–water partition coefficient (Wildman–Crippen LogP) is 3.60. The van der Waals surface area contributed by atoms with Gasteiger partial charge in [0.15, 0.2) is 0 Å². The molecule has 1 amide bonds. The number of nitrogens with one attached hydrogen (secondary N) is 1. The van der Waals surface area contributed by atoms with Crippen molar-refractivity contribution in [2.45, 2.75) is 42.9 Å². The highest BCUT2D eigenvalue weighted by molar-refractivity contribution is 7.89. The smallest absolute Gasteiger partial charge is 0.246 e. The van der Waals surface area contributed by atoms with Gasteiger partial charge in [-0.3, -0.25) is 4.79 Å². The number of nitriles is 1. The molecule has 1 aliphatic heterocycles. The average molecular weight is 454 g/mol. The Labute approximate surface area is 189 Å². The van der Waals surface area contributed by atoms with Gasteiger partial charge in [0.05, 0.1) is 24.5 Å². The quantitative estimate of drug-likeness (QED) is 0.720. The number of hydrogen-bond donors (Lipinski definition) is 1. The lowest BCUT2D eigenvalue weighted by molar-refractivity contribution is -0.120. The third-order valence-electron chi connectivity index (χ3n) is 6.36. The van der Waals surface area contributed by atoms with E-state index in [1.807, 2.05) is 19.1 Å². The van der Waals surface area contributed by atoms with Crippen molar-refractivity contribution in [2.75, 3.05) is 25.5 Å². The van der Waals surface area contributed by atoms with Crippen LogP contribution in [0.25, 0.3) is 0 Å². The van der Waals surface area contributed by atoms with Gasteiger partial charge in [-0.15, -0.1) is 0 Å². The summed E-state index contributed by atoms with van der Waals surface area (Å²) in [5.41, 5.74) is 2.08. The van der Waals surface area contributed by atoms with Crippen LogP contribution in [0.15, 0.2) is 47.4 Å². The molecule has 2 aliphatic rings. The number of piperidine rings is 1. The third-order valence-corrected chi connectivity index (χ3v) is 8.25. The molecule has 0 bridgehead atoms. The van der Waals surface area contributed by atoms with E-state index in [0.29, 0.717) is 30.8 Å². The summed E-state index contributed by atoms with van der Waals surface area (Å²) in [7, 11) is -2.34. The predicted molar refractivity (Wildman–Crippen MR) is 121 cm³/mol. The fraction of sp³-hybridized carbons (Fsp3) is 0.417. The summed E-state index contributed by atoms with van der Waals surface area (Å²) in [4.78, 5) is 13.0. The number of sulfonamides is 1. The van der Waals surface area contributed by atoms with Gasteiger partial charge in [0.25, 0.3) is 0 Å². The highest BCUT2D eigenvalue weighted by Gasteiger charge is 2.44. The summed E-state index contributed by atoms with van der Waals surface area (Å²) < 4.78 is 33.3. The first-order valence-corrected chi connectivity index (χ1v) is 12.2. The van der Waals surface area contributed by atoms with Crippen LogP contribution in [0, 0.1) is 24.2 Å². The van der Waals surface area contributed by atoms with Gasteiger partial charge < -0.3 is 10.1 Å². The van der Waals surface area contributed by atoms with E-state index in [1.165, 1.54) is 11.4 Å². The molecule has 1 atom stereocenters. The van der Waals surface area contributed by atoms with Crippen LogP contribution in [0.4, 0.5) is 5.69 Å². The first-order valence-electron chi connectivity index (χ1n) is 10.8. The van der Waals surface area contributed by atoms with E-state index < -0.39 is 15.9 Å². The van der Waals surface area contributed by atoms with Gasteiger partial charge >= 0.3 is 0 Å². The van der Waals surface area contributed by atoms with Crippen LogP contribution in [0.5, 0.6) is 5.75 Å². The summed E-state index contributed by atoms with van der Waals surface area (Å²) in [6, 6.07) is 14.8. The number of amides is 1. The molecule has 1 saturated carbocycles. The lowest BCUT2D eigenvalue weighted by atomic mass is 9.97. The zero-order valence-electron chi connectivity index (χ0n) is 18.3. The summed E-state index contributed by atoms with van der Waals surface area (Å²) >= 11 is 0. The molecule has 0 aromatic heterocycles. The Bertz CT molecular complexity index is 1160. The Balaban J connectivity index is 1.46. The van der Waals surface area contributed by atoms with Crippen molar-refractivity contribution in [3.05, 3.63) is 53.6 Å². The standard InChI is InChI=1S/C24H27N3O4S/c1-17-5-10-21(31-2)22(14-17)32(29,30)27-13-3-4-18(15-27)23(28)26-20-8-6-19(7-9-20)24(16-25)11-12-24/h5-10,14,18H,3-4,11-13,15H2,1-2H3,(H,26,28)/t18-/m1/s1. The summed E-state index contributed by atoms with van der Waals surface area (Å²) in [5.74, 6) is -0.341. The van der Waals surface area contributed by atoms with Crippen LogP contribution >= 0.6 is 0 Å². The van der Waals surface area contributed by atoms with Crippen molar-refractivity contribution in [1.29, 1.82) is 5.26 Å². The number of rotatable bonds is 6. The highest BCUT2D eigenvalue weighted by atomic mass is 32.2. The normalized spacial score (nSPS) is 20.2. The zero-order valence-corrected chi connectivity index (χ0v) is 19.1. The minimum absolute atomic E-state index is 0.126. The van der Waals surface area contributed by atoms with Crippen molar-refractivity contribution >= 4 is 21.6 Å². The molecule has 2 aromatic rings. The molecule has 1 N–H and O–H groups in total. The van der Waals surface area contributed by atoms with Gasteiger partial charge in [0.2, 0.25) is 15.9 Å². The first kappa shape index (κ1) is 22.3. The first-order chi connectivity index (χ1) is 15.3. The van der Waals surface area contributed by atoms with Crippen LogP contribution in [0.1, 0.15) is 36.8 Å². The number of nitrogens with zero attached hydrogens (tertiary/aromatic N) is 2. The molecule has 168 valence electrons. The second kappa shape index (κ2) is 8.57. The number of carbonyl (C=O) groups is 1. The minimum Gasteiger partial charge on any atom is -0.495 e. The van der Waals surface area contributed by atoms with Gasteiger partial charge in [0.1, 0.15) is 10.6 Å². The van der Waals surface area contributed by atoms with Gasteiger partial charge in [-0.25, -0.2) is 8.42 Å². The second-order valence-electron chi connectivity index (χ2n) is 8.62. The zero-order chi connectivity index (χ0) is 22.9. The Morgan fingerprint density at radius 1 is 1.22 bits per heavy atom. The number of aryl methyl sites for hydroxylation is 1. The van der Waals surface area contributed by atoms with E-state index >= 15 is 0 Å². The Kier molecular flexibility index (Phi) is 5.97. The van der Waals surface area contributed by atoms with Gasteiger partial charge in [-0.1, -0.05) is 18.2 Å². The van der Waals surface area contributed by atoms with E-state index in [-0.39, 0.29) is 22.8 Å². The monoisotopic (exact) mass is 453 g/mol. The average Bonchev–Trinajstić information content (AvgIpc) is 3.61. The van der Waals surface area contributed by atoms with E-state index in [1.54, 1.807) is 30.3 Å². The molecule has 2 aromatic carbocycles. The van der Waals surface area contributed by atoms with E-state index in [4.69, 9.17) is 4.74 Å². The maximum absolute atomic E-state index is 13.3. The molecule has 0 radical (unpaired) electrons. The molecule has 4 rings (SSSR count). The van der Waals surface area contributed by atoms with Gasteiger partial charge in [-0.05, 0) is 68.0 Å². The topological polar surface area (TPSA) is 99.5 Å². The molecular formula is C24H27N3O4S. The van der Waals surface area contributed by atoms with Crippen LogP contribution < -0.4 is 10.1 Å². The van der Waals surface area contributed by atoms with Crippen molar-refractivity contribution < 1.29 is 17.9 Å². The SMILES string of the molecule is COc1ccc(C)cc1S(=O)(=O)N1CCC[C@@H](C(=O)Nc2ccc(C3(C#N)CC3)cc2)C1. The van der Waals surface area contributed by atoms with Gasteiger partial charge in [0, 0.05) is 18.8 Å². The molecule has 2 fully saturated rings. The van der Waals surface area contributed by atoms with Gasteiger partial charge in [-0.2, -0.15) is 9.57 Å². The minimum atomic E-state index is -3.79. The Morgan fingerprint density at radius 3 is 2.56 bits per heavy atom. The van der Waals surface area contributed by atoms with Crippen LogP contribution in [-0.4, -0.2) is 38.8 Å². The van der Waals surface area contributed by atoms with Crippen molar-refractivity contribution in [3.8, 4) is 11.8 Å². The fourth-order valence-electron chi connectivity index (χ4n) is 4.21. The summed E-state index contributed by atoms with van der Waals surface area (Å²) in [5, 5.41) is 12.2. The molecule has 32 heavy (non-hydrogen) atoms. The van der Waals surface area contributed by atoms with Crippen molar-refractivity contribution in [2.24, 2.45) is 5.92 Å². The number of benzene rings is 2. The Morgan fingerprint density at radius 2 is 1.94 bits per heavy atom. The number of anilines is 1. The van der Waals surface area contributed by atoms with Crippen LogP contribution in [0.2, 0.25) is 0 Å².